The Balaban J connectivity index is 2.54. The van der Waals surface area contributed by atoms with Gasteiger partial charge in [0.05, 0.1) is 20.3 Å². The van der Waals surface area contributed by atoms with E-state index in [2.05, 4.69) is 36.0 Å². The molecule has 0 bridgehead atoms. The average Bonchev–Trinajstić information content (AvgIpc) is 2.67. The molecular formula is C8H9BrN6O2. The van der Waals surface area contributed by atoms with Gasteiger partial charge in [-0.15, -0.1) is 5.10 Å². The van der Waals surface area contributed by atoms with E-state index < -0.39 is 0 Å². The third kappa shape index (κ3) is 2.28. The van der Waals surface area contributed by atoms with Crippen LogP contribution < -0.4 is 15.2 Å². The monoisotopic (exact) mass is 300 g/mol. The van der Waals surface area contributed by atoms with E-state index in [1.54, 1.807) is 6.07 Å². The Labute approximate surface area is 105 Å². The molecule has 0 saturated carbocycles. The fourth-order valence-corrected chi connectivity index (χ4v) is 1.55. The Hall–Kier alpha value is -1.90. The van der Waals surface area contributed by atoms with Gasteiger partial charge in [0.2, 0.25) is 22.4 Å². The van der Waals surface area contributed by atoms with Gasteiger partial charge in [-0.3, -0.25) is 0 Å². The van der Waals surface area contributed by atoms with E-state index in [1.807, 2.05) is 0 Å². The molecule has 8 nitrogen and oxygen atoms in total. The number of nitrogens with two attached hydrogens (primary N) is 1. The van der Waals surface area contributed by atoms with Crippen molar-refractivity contribution in [1.29, 1.82) is 0 Å². The molecule has 0 fully saturated rings. The zero-order valence-corrected chi connectivity index (χ0v) is 10.7. The van der Waals surface area contributed by atoms with Gasteiger partial charge in [0.25, 0.3) is 5.95 Å². The molecular weight excluding hydrogens is 292 g/mol. The van der Waals surface area contributed by atoms with Gasteiger partial charge in [-0.05, 0) is 15.9 Å². The molecule has 0 amide bonds. The molecule has 0 spiro atoms. The van der Waals surface area contributed by atoms with Gasteiger partial charge in [0.1, 0.15) is 0 Å². The quantitative estimate of drug-likeness (QED) is 0.876. The first-order valence-corrected chi connectivity index (χ1v) is 5.29. The SMILES string of the molecule is COc1cc(OC)nc(-n2nc(N)nc2Br)n1. The summed E-state index contributed by atoms with van der Waals surface area (Å²) in [5.74, 6) is 1.07. The zero-order valence-electron chi connectivity index (χ0n) is 9.09. The maximum absolute atomic E-state index is 5.47. The van der Waals surface area contributed by atoms with E-state index in [1.165, 1.54) is 18.9 Å². The summed E-state index contributed by atoms with van der Waals surface area (Å²) in [6, 6.07) is 1.55. The van der Waals surface area contributed by atoms with E-state index in [4.69, 9.17) is 15.2 Å². The second kappa shape index (κ2) is 4.53. The summed E-state index contributed by atoms with van der Waals surface area (Å²) in [4.78, 5) is 12.1. The number of hydrogen-bond acceptors (Lipinski definition) is 7. The largest absolute Gasteiger partial charge is 0.481 e. The highest BCUT2D eigenvalue weighted by molar-refractivity contribution is 9.10. The lowest BCUT2D eigenvalue weighted by molar-refractivity contribution is 0.369. The topological polar surface area (TPSA) is 101 Å². The number of hydrogen-bond donors (Lipinski definition) is 1. The van der Waals surface area contributed by atoms with Gasteiger partial charge in [0, 0.05) is 0 Å². The number of nitrogen functional groups attached to an aromatic ring is 1. The molecule has 2 rings (SSSR count). The summed E-state index contributed by atoms with van der Waals surface area (Å²) in [6.45, 7) is 0. The van der Waals surface area contributed by atoms with E-state index in [9.17, 15) is 0 Å². The van der Waals surface area contributed by atoms with Crippen molar-refractivity contribution in [3.05, 3.63) is 10.8 Å². The van der Waals surface area contributed by atoms with Gasteiger partial charge < -0.3 is 15.2 Å². The molecule has 17 heavy (non-hydrogen) atoms. The van der Waals surface area contributed by atoms with Crippen molar-refractivity contribution in [3.63, 3.8) is 0 Å². The minimum absolute atomic E-state index is 0.113. The van der Waals surface area contributed by atoms with Gasteiger partial charge in [-0.1, -0.05) is 0 Å². The van der Waals surface area contributed by atoms with Crippen LogP contribution in [0.4, 0.5) is 5.95 Å². The third-order valence-corrected chi connectivity index (χ3v) is 2.37. The lowest BCUT2D eigenvalue weighted by Gasteiger charge is -2.05. The molecule has 0 atom stereocenters. The lowest BCUT2D eigenvalue weighted by Crippen LogP contribution is -2.06. The molecule has 2 aromatic rings. The van der Waals surface area contributed by atoms with Crippen LogP contribution in [0.25, 0.3) is 5.95 Å². The van der Waals surface area contributed by atoms with Crippen LogP contribution >= 0.6 is 15.9 Å². The number of anilines is 1. The van der Waals surface area contributed by atoms with Crippen molar-refractivity contribution >= 4 is 21.9 Å². The number of rotatable bonds is 3. The molecule has 0 saturated heterocycles. The van der Waals surface area contributed by atoms with E-state index in [-0.39, 0.29) is 11.9 Å². The van der Waals surface area contributed by atoms with Crippen molar-refractivity contribution in [2.24, 2.45) is 0 Å². The van der Waals surface area contributed by atoms with E-state index >= 15 is 0 Å². The van der Waals surface area contributed by atoms with Crippen molar-refractivity contribution in [2.45, 2.75) is 0 Å². The summed E-state index contributed by atoms with van der Waals surface area (Å²) in [5.41, 5.74) is 5.47. The average molecular weight is 301 g/mol. The number of aromatic nitrogens is 5. The summed E-state index contributed by atoms with van der Waals surface area (Å²) >= 11 is 3.19. The summed E-state index contributed by atoms with van der Waals surface area (Å²) in [6.07, 6.45) is 0. The third-order valence-electron chi connectivity index (χ3n) is 1.86. The van der Waals surface area contributed by atoms with Crippen molar-refractivity contribution in [1.82, 2.24) is 24.7 Å². The second-order valence-electron chi connectivity index (χ2n) is 2.90. The molecule has 9 heteroatoms. The van der Waals surface area contributed by atoms with E-state index in [0.717, 1.165) is 0 Å². The molecule has 0 aliphatic carbocycles. The Kier molecular flexibility index (Phi) is 3.09. The summed E-state index contributed by atoms with van der Waals surface area (Å²) in [5, 5.41) is 3.93. The Morgan fingerprint density at radius 2 is 1.76 bits per heavy atom. The molecule has 0 radical (unpaired) electrons. The highest BCUT2D eigenvalue weighted by atomic mass is 79.9. The highest BCUT2D eigenvalue weighted by Gasteiger charge is 2.12. The van der Waals surface area contributed by atoms with Crippen LogP contribution in [0, 0.1) is 0 Å². The van der Waals surface area contributed by atoms with Gasteiger partial charge in [-0.2, -0.15) is 19.6 Å². The zero-order chi connectivity index (χ0) is 12.4. The van der Waals surface area contributed by atoms with Crippen LogP contribution in [0.15, 0.2) is 10.8 Å². The first kappa shape index (κ1) is 11.6. The summed E-state index contributed by atoms with van der Waals surface area (Å²) in [7, 11) is 2.99. The minimum Gasteiger partial charge on any atom is -0.481 e. The van der Waals surface area contributed by atoms with Gasteiger partial charge >= 0.3 is 0 Å². The maximum Gasteiger partial charge on any atom is 0.259 e. The minimum atomic E-state index is 0.113. The van der Waals surface area contributed by atoms with E-state index in [0.29, 0.717) is 16.5 Å². The first-order chi connectivity index (χ1) is 8.13. The fraction of sp³-hybridized carbons (Fsp3) is 0.250. The highest BCUT2D eigenvalue weighted by Crippen LogP contribution is 2.19. The molecule has 2 N–H and O–H groups in total. The van der Waals surface area contributed by atoms with Crippen molar-refractivity contribution in [3.8, 4) is 17.7 Å². The first-order valence-electron chi connectivity index (χ1n) is 4.49. The van der Waals surface area contributed by atoms with Gasteiger partial charge in [0.15, 0.2) is 0 Å². The number of nitrogens with zero attached hydrogens (tertiary/aromatic N) is 5. The van der Waals surface area contributed by atoms with Crippen LogP contribution in [0.5, 0.6) is 11.8 Å². The van der Waals surface area contributed by atoms with Crippen LogP contribution in [0.3, 0.4) is 0 Å². The number of halogens is 1. The number of ether oxygens (including phenoxy) is 2. The standard InChI is InChI=1S/C8H9BrN6O2/c1-16-4-3-5(17-2)12-8(11-4)15-6(9)13-7(10)14-15/h3H,1-2H3,(H2,10,14). The molecule has 0 aliphatic rings. The molecule has 90 valence electrons. The maximum atomic E-state index is 5.47. The molecule has 0 unspecified atom stereocenters. The lowest BCUT2D eigenvalue weighted by atomic mass is 10.6. The van der Waals surface area contributed by atoms with Crippen molar-refractivity contribution < 1.29 is 9.47 Å². The van der Waals surface area contributed by atoms with Crippen LogP contribution in [0.1, 0.15) is 0 Å². The smallest absolute Gasteiger partial charge is 0.259 e. The fourth-order valence-electron chi connectivity index (χ4n) is 1.13. The predicted molar refractivity (Wildman–Crippen MR) is 62.2 cm³/mol. The predicted octanol–water partition coefficient (Wildman–Crippen LogP) is 0.419. The van der Waals surface area contributed by atoms with Gasteiger partial charge in [-0.25, -0.2) is 0 Å². The second-order valence-corrected chi connectivity index (χ2v) is 3.61. The molecule has 2 aromatic heterocycles. The van der Waals surface area contributed by atoms with Crippen LogP contribution in [-0.4, -0.2) is 39.0 Å². The summed E-state index contributed by atoms with van der Waals surface area (Å²) < 4.78 is 11.8. The Morgan fingerprint density at radius 3 is 2.18 bits per heavy atom. The van der Waals surface area contributed by atoms with Crippen LogP contribution in [0.2, 0.25) is 0 Å². The molecule has 0 aliphatic heterocycles. The number of methoxy groups -OCH3 is 2. The Bertz CT molecular complexity index is 521. The van der Waals surface area contributed by atoms with Crippen molar-refractivity contribution in [2.75, 3.05) is 20.0 Å². The normalized spacial score (nSPS) is 10.3. The molecule has 0 aromatic carbocycles. The molecule has 2 heterocycles. The Morgan fingerprint density at radius 1 is 1.18 bits per heavy atom. The van der Waals surface area contributed by atoms with Crippen LogP contribution in [-0.2, 0) is 0 Å².